The van der Waals surface area contributed by atoms with E-state index in [9.17, 15) is 4.79 Å². The highest BCUT2D eigenvalue weighted by Gasteiger charge is 2.11. The van der Waals surface area contributed by atoms with E-state index in [0.717, 1.165) is 27.1 Å². The Kier molecular flexibility index (Phi) is 4.33. The number of hydrogen-bond donors (Lipinski definition) is 2. The van der Waals surface area contributed by atoms with Crippen LogP contribution in [0.25, 0.3) is 22.0 Å². The Bertz CT molecular complexity index is 1110. The maximum atomic E-state index is 12.2. The smallest absolute Gasteiger partial charge is 0.272 e. The Morgan fingerprint density at radius 3 is 2.81 bits per heavy atom. The van der Waals surface area contributed by atoms with Crippen molar-refractivity contribution in [1.29, 1.82) is 0 Å². The van der Waals surface area contributed by atoms with E-state index >= 15 is 0 Å². The van der Waals surface area contributed by atoms with Crippen LogP contribution in [0.15, 0.2) is 65.1 Å². The second kappa shape index (κ2) is 6.93. The lowest BCUT2D eigenvalue weighted by molar-refractivity contribution is 0.0950. The second-order valence-electron chi connectivity index (χ2n) is 5.90. The first-order valence-electron chi connectivity index (χ1n) is 8.13. The molecule has 0 aliphatic rings. The van der Waals surface area contributed by atoms with Gasteiger partial charge >= 0.3 is 0 Å². The van der Waals surface area contributed by atoms with Crippen molar-refractivity contribution in [3.05, 3.63) is 76.1 Å². The van der Waals surface area contributed by atoms with Gasteiger partial charge in [0.15, 0.2) is 0 Å². The van der Waals surface area contributed by atoms with Gasteiger partial charge in [0.05, 0.1) is 11.9 Å². The molecule has 4 aromatic rings. The van der Waals surface area contributed by atoms with Gasteiger partial charge in [-0.05, 0) is 46.8 Å². The number of rotatable bonds is 4. The van der Waals surface area contributed by atoms with E-state index in [1.165, 1.54) is 5.39 Å². The van der Waals surface area contributed by atoms with Crippen LogP contribution in [0.3, 0.4) is 0 Å². The SMILES string of the molecule is Cc1ccsc1/C=N\NC(=O)c1cc(-c2ccc3ccccc3c2)n[nH]1. The minimum atomic E-state index is -0.324. The van der Waals surface area contributed by atoms with Gasteiger partial charge in [-0.2, -0.15) is 10.2 Å². The molecule has 0 bridgehead atoms. The highest BCUT2D eigenvalue weighted by atomic mass is 32.1. The van der Waals surface area contributed by atoms with E-state index < -0.39 is 0 Å². The lowest BCUT2D eigenvalue weighted by Crippen LogP contribution is -2.17. The van der Waals surface area contributed by atoms with Crippen LogP contribution in [-0.4, -0.2) is 22.3 Å². The molecule has 4 rings (SSSR count). The molecule has 5 nitrogen and oxygen atoms in total. The predicted octanol–water partition coefficient (Wildman–Crippen LogP) is 4.36. The number of nitrogens with one attached hydrogen (secondary N) is 2. The molecule has 128 valence electrons. The van der Waals surface area contributed by atoms with Gasteiger partial charge in [0.2, 0.25) is 0 Å². The van der Waals surface area contributed by atoms with Crippen molar-refractivity contribution in [2.75, 3.05) is 0 Å². The zero-order valence-electron chi connectivity index (χ0n) is 14.1. The Morgan fingerprint density at radius 2 is 2.00 bits per heavy atom. The van der Waals surface area contributed by atoms with Crippen LogP contribution in [0.1, 0.15) is 20.9 Å². The fraction of sp³-hybridized carbons (Fsp3) is 0.0500. The van der Waals surface area contributed by atoms with Crippen molar-refractivity contribution >= 4 is 34.2 Å². The van der Waals surface area contributed by atoms with Crippen molar-refractivity contribution in [2.24, 2.45) is 5.10 Å². The Hall–Kier alpha value is -3.25. The third-order valence-corrected chi connectivity index (χ3v) is 5.07. The van der Waals surface area contributed by atoms with E-state index in [0.29, 0.717) is 5.69 Å². The topological polar surface area (TPSA) is 70.1 Å². The number of aryl methyl sites for hydroxylation is 1. The molecule has 0 radical (unpaired) electrons. The molecule has 0 unspecified atom stereocenters. The first-order valence-corrected chi connectivity index (χ1v) is 9.01. The van der Waals surface area contributed by atoms with Gasteiger partial charge in [0, 0.05) is 10.4 Å². The minimum Gasteiger partial charge on any atom is -0.272 e. The first kappa shape index (κ1) is 16.2. The molecule has 2 aromatic carbocycles. The summed E-state index contributed by atoms with van der Waals surface area (Å²) >= 11 is 1.58. The summed E-state index contributed by atoms with van der Waals surface area (Å²) in [6, 6.07) is 18.0. The molecule has 26 heavy (non-hydrogen) atoms. The molecule has 2 aromatic heterocycles. The van der Waals surface area contributed by atoms with Crippen LogP contribution in [0, 0.1) is 6.92 Å². The number of H-pyrrole nitrogens is 1. The molecule has 6 heteroatoms. The number of carbonyl (C=O) groups excluding carboxylic acids is 1. The van der Waals surface area contributed by atoms with E-state index in [1.807, 2.05) is 42.6 Å². The number of aromatic amines is 1. The maximum Gasteiger partial charge on any atom is 0.289 e. The third kappa shape index (κ3) is 3.27. The maximum absolute atomic E-state index is 12.2. The number of fused-ring (bicyclic) bond motifs is 1. The molecule has 0 aliphatic heterocycles. The van der Waals surface area contributed by atoms with E-state index in [1.54, 1.807) is 23.6 Å². The summed E-state index contributed by atoms with van der Waals surface area (Å²) in [7, 11) is 0. The number of amides is 1. The number of hydrogen-bond acceptors (Lipinski definition) is 4. The first-order chi connectivity index (χ1) is 12.7. The van der Waals surface area contributed by atoms with Gasteiger partial charge in [0.25, 0.3) is 5.91 Å². The number of aromatic nitrogens is 2. The summed E-state index contributed by atoms with van der Waals surface area (Å²) < 4.78 is 0. The number of nitrogens with zero attached hydrogens (tertiary/aromatic N) is 2. The van der Waals surface area contributed by atoms with Crippen molar-refractivity contribution in [1.82, 2.24) is 15.6 Å². The Morgan fingerprint density at radius 1 is 1.15 bits per heavy atom. The molecular formula is C20H16N4OS. The summed E-state index contributed by atoms with van der Waals surface area (Å²) in [6.45, 7) is 2.00. The van der Waals surface area contributed by atoms with Gasteiger partial charge in [0.1, 0.15) is 5.69 Å². The van der Waals surface area contributed by atoms with Crippen LogP contribution in [0.5, 0.6) is 0 Å². The van der Waals surface area contributed by atoms with Gasteiger partial charge in [-0.3, -0.25) is 9.89 Å². The third-order valence-electron chi connectivity index (χ3n) is 4.12. The van der Waals surface area contributed by atoms with E-state index in [4.69, 9.17) is 0 Å². The zero-order valence-corrected chi connectivity index (χ0v) is 14.9. The second-order valence-corrected chi connectivity index (χ2v) is 6.84. The predicted molar refractivity (Wildman–Crippen MR) is 106 cm³/mol. The molecule has 0 saturated carbocycles. The Labute approximate surface area is 154 Å². The van der Waals surface area contributed by atoms with Gasteiger partial charge in [-0.1, -0.05) is 36.4 Å². The lowest BCUT2D eigenvalue weighted by Gasteiger charge is -2.00. The van der Waals surface area contributed by atoms with Crippen LogP contribution in [0.2, 0.25) is 0 Å². The summed E-state index contributed by atoms with van der Waals surface area (Å²) in [5.74, 6) is -0.324. The monoisotopic (exact) mass is 360 g/mol. The highest BCUT2D eigenvalue weighted by molar-refractivity contribution is 7.11. The molecule has 0 fully saturated rings. The molecule has 2 N–H and O–H groups in total. The van der Waals surface area contributed by atoms with Gasteiger partial charge in [-0.25, -0.2) is 5.43 Å². The summed E-state index contributed by atoms with van der Waals surface area (Å²) in [4.78, 5) is 13.2. The normalized spacial score (nSPS) is 11.3. The minimum absolute atomic E-state index is 0.324. The molecule has 0 atom stereocenters. The standard InChI is InChI=1S/C20H16N4OS/c1-13-8-9-26-19(13)12-21-24-20(25)18-11-17(22-23-18)16-7-6-14-4-2-3-5-15(14)10-16/h2-12H,1H3,(H,22,23)(H,24,25)/b21-12-. The number of thiophene rings is 1. The number of carbonyl (C=O) groups is 1. The van der Waals surface area contributed by atoms with E-state index in [2.05, 4.69) is 38.9 Å². The van der Waals surface area contributed by atoms with Crippen molar-refractivity contribution in [3.8, 4) is 11.3 Å². The highest BCUT2D eigenvalue weighted by Crippen LogP contribution is 2.23. The van der Waals surface area contributed by atoms with Crippen LogP contribution >= 0.6 is 11.3 Å². The molecule has 2 heterocycles. The quantitative estimate of drug-likeness (QED) is 0.419. The van der Waals surface area contributed by atoms with Gasteiger partial charge in [-0.15, -0.1) is 11.3 Å². The molecule has 0 aliphatic carbocycles. The Balaban J connectivity index is 1.50. The molecule has 1 amide bonds. The summed E-state index contributed by atoms with van der Waals surface area (Å²) in [5.41, 5.74) is 5.70. The van der Waals surface area contributed by atoms with Crippen molar-refractivity contribution in [3.63, 3.8) is 0 Å². The average Bonchev–Trinajstić information content (AvgIpc) is 3.31. The van der Waals surface area contributed by atoms with Crippen LogP contribution in [-0.2, 0) is 0 Å². The number of hydrazone groups is 1. The fourth-order valence-corrected chi connectivity index (χ4v) is 3.45. The van der Waals surface area contributed by atoms with Crippen molar-refractivity contribution in [2.45, 2.75) is 6.92 Å². The molecule has 0 spiro atoms. The molecular weight excluding hydrogens is 344 g/mol. The van der Waals surface area contributed by atoms with Gasteiger partial charge < -0.3 is 0 Å². The van der Waals surface area contributed by atoms with Crippen LogP contribution < -0.4 is 5.43 Å². The lowest BCUT2D eigenvalue weighted by atomic mass is 10.1. The average molecular weight is 360 g/mol. The largest absolute Gasteiger partial charge is 0.289 e. The number of benzene rings is 2. The summed E-state index contributed by atoms with van der Waals surface area (Å²) in [6.07, 6.45) is 1.65. The fourth-order valence-electron chi connectivity index (χ4n) is 2.66. The van der Waals surface area contributed by atoms with E-state index in [-0.39, 0.29) is 5.91 Å². The summed E-state index contributed by atoms with van der Waals surface area (Å²) in [5, 5.41) is 15.3. The molecule has 0 saturated heterocycles. The van der Waals surface area contributed by atoms with Crippen LogP contribution in [0.4, 0.5) is 0 Å². The van der Waals surface area contributed by atoms with Crippen molar-refractivity contribution < 1.29 is 4.79 Å². The zero-order chi connectivity index (χ0) is 17.9.